The summed E-state index contributed by atoms with van der Waals surface area (Å²) in [5, 5.41) is 33.7. The van der Waals surface area contributed by atoms with E-state index in [1.807, 2.05) is 18.2 Å². The molecule has 55 heavy (non-hydrogen) atoms. The van der Waals surface area contributed by atoms with Crippen LogP contribution in [0.5, 0.6) is 23.0 Å². The number of benzene rings is 2. The average Bonchev–Trinajstić information content (AvgIpc) is 3.82. The van der Waals surface area contributed by atoms with Crippen molar-refractivity contribution in [1.29, 1.82) is 0 Å². The van der Waals surface area contributed by atoms with Gasteiger partial charge in [-0.15, -0.1) is 0 Å². The lowest BCUT2D eigenvalue weighted by atomic mass is 9.66. The third kappa shape index (κ3) is 7.61. The first-order valence-electron chi connectivity index (χ1n) is 18.0. The molecule has 8 rings (SSSR count). The van der Waals surface area contributed by atoms with Crippen LogP contribution in [0.3, 0.4) is 0 Å². The molecule has 1 aromatic heterocycles. The number of aliphatic hydroxyl groups is 3. The second-order valence-electron chi connectivity index (χ2n) is 13.7. The molecule has 15 nitrogen and oxygen atoms in total. The van der Waals surface area contributed by atoms with Gasteiger partial charge in [0.1, 0.15) is 29.4 Å². The molecule has 0 bridgehead atoms. The number of ether oxygens (including phenoxy) is 9. The molecule has 0 saturated carbocycles. The lowest BCUT2D eigenvalue weighted by Gasteiger charge is -2.47. The van der Waals surface area contributed by atoms with Crippen LogP contribution >= 0.6 is 21.6 Å². The summed E-state index contributed by atoms with van der Waals surface area (Å²) >= 11 is 0. The second kappa shape index (κ2) is 16.4. The Hall–Kier alpha value is -3.65. The molecule has 2 aromatic carbocycles. The molecule has 5 aliphatic rings. The summed E-state index contributed by atoms with van der Waals surface area (Å²) in [5.41, 5.74) is 2.16. The van der Waals surface area contributed by atoms with Crippen molar-refractivity contribution in [3.63, 3.8) is 0 Å². The van der Waals surface area contributed by atoms with E-state index in [9.17, 15) is 24.9 Å². The summed E-state index contributed by atoms with van der Waals surface area (Å²) < 4.78 is 52.7. The fourth-order valence-electron chi connectivity index (χ4n) is 7.83. The number of methoxy groups -OCH3 is 1. The van der Waals surface area contributed by atoms with E-state index < -0.39 is 79.4 Å². The van der Waals surface area contributed by atoms with E-state index in [0.717, 1.165) is 5.03 Å². The monoisotopic (exact) mass is 799 g/mol. The number of carbonyl (C=O) groups excluding carboxylic acids is 2. The highest BCUT2D eigenvalue weighted by Gasteiger charge is 2.56. The van der Waals surface area contributed by atoms with Gasteiger partial charge in [0, 0.05) is 35.8 Å². The van der Waals surface area contributed by atoms with Gasteiger partial charge in [0.2, 0.25) is 6.79 Å². The highest BCUT2D eigenvalue weighted by atomic mass is 33.1. The van der Waals surface area contributed by atoms with Crippen molar-refractivity contribution in [1.82, 2.24) is 4.98 Å². The van der Waals surface area contributed by atoms with Crippen LogP contribution in [-0.2, 0) is 39.9 Å². The van der Waals surface area contributed by atoms with Crippen molar-refractivity contribution in [2.45, 2.75) is 80.4 Å². The maximum atomic E-state index is 13.7. The molecule has 294 valence electrons. The van der Waals surface area contributed by atoms with Gasteiger partial charge in [-0.3, -0.25) is 9.59 Å². The Kier molecular flexibility index (Phi) is 11.4. The zero-order valence-corrected chi connectivity index (χ0v) is 31.6. The maximum absolute atomic E-state index is 13.7. The molecule has 6 unspecified atom stereocenters. The smallest absolute Gasteiger partial charge is 0.311 e. The van der Waals surface area contributed by atoms with Crippen molar-refractivity contribution in [3.05, 3.63) is 70.9 Å². The molecule has 17 heteroatoms. The van der Waals surface area contributed by atoms with Gasteiger partial charge in [0.25, 0.3) is 0 Å². The minimum Gasteiger partial charge on any atom is -0.493 e. The Bertz CT molecular complexity index is 1860. The van der Waals surface area contributed by atoms with E-state index >= 15 is 0 Å². The zero-order valence-electron chi connectivity index (χ0n) is 29.9. The first-order valence-corrected chi connectivity index (χ1v) is 20.3. The Morgan fingerprint density at radius 1 is 1.02 bits per heavy atom. The van der Waals surface area contributed by atoms with Crippen LogP contribution in [0.4, 0.5) is 0 Å². The molecule has 0 radical (unpaired) electrons. The van der Waals surface area contributed by atoms with Crippen LogP contribution in [0.2, 0.25) is 0 Å². The Morgan fingerprint density at radius 3 is 2.60 bits per heavy atom. The van der Waals surface area contributed by atoms with Crippen LogP contribution in [0.15, 0.2) is 53.7 Å². The average molecular weight is 800 g/mol. The molecule has 5 heterocycles. The second-order valence-corrected chi connectivity index (χ2v) is 16.2. The summed E-state index contributed by atoms with van der Waals surface area (Å²) in [7, 11) is 4.56. The van der Waals surface area contributed by atoms with Crippen molar-refractivity contribution >= 4 is 33.5 Å². The molecule has 1 aliphatic carbocycles. The fraction of sp³-hybridized carbons (Fsp3) is 0.500. The first-order chi connectivity index (χ1) is 26.7. The van der Waals surface area contributed by atoms with E-state index in [1.165, 1.54) is 17.9 Å². The number of aromatic nitrogens is 1. The number of aliphatic hydroxyl groups excluding tert-OH is 3. The van der Waals surface area contributed by atoms with Gasteiger partial charge in [-0.1, -0.05) is 16.9 Å². The van der Waals surface area contributed by atoms with E-state index in [0.29, 0.717) is 45.9 Å². The van der Waals surface area contributed by atoms with Crippen LogP contribution in [-0.4, -0.2) is 102 Å². The van der Waals surface area contributed by atoms with Gasteiger partial charge >= 0.3 is 11.9 Å². The largest absolute Gasteiger partial charge is 0.493 e. The number of rotatable bonds is 12. The van der Waals surface area contributed by atoms with Crippen LogP contribution in [0, 0.1) is 11.8 Å². The summed E-state index contributed by atoms with van der Waals surface area (Å²) in [6, 6.07) is 12.6. The number of carbonyl (C=O) groups is 2. The van der Waals surface area contributed by atoms with Gasteiger partial charge in [0.15, 0.2) is 35.6 Å². The highest BCUT2D eigenvalue weighted by molar-refractivity contribution is 8.76. The van der Waals surface area contributed by atoms with Crippen molar-refractivity contribution in [3.8, 4) is 23.0 Å². The molecule has 3 fully saturated rings. The number of esters is 2. The number of fused-ring (bicyclic) bond motifs is 4. The lowest BCUT2D eigenvalue weighted by Crippen LogP contribution is -2.63. The topological polar surface area (TPSA) is 191 Å². The van der Waals surface area contributed by atoms with Gasteiger partial charge in [-0.05, 0) is 77.2 Å². The number of cyclic esters (lactones) is 1. The molecular formula is C38H41NO14S2. The molecule has 0 amide bonds. The molecule has 3 N–H and O–H groups in total. The number of pyridine rings is 1. The molecular weight excluding hydrogens is 759 g/mol. The quantitative estimate of drug-likeness (QED) is 0.104. The standard InChI is InChI=1S/C38H41NO14S2/c1-18-46-16-27-36(50-18)32(42)33(43)38(51-27)53-35-22-13-25-24(48-17-49-25)12-21(22)30(31-23(35)15-47-37(31)44)19-10-20(14-40)34(26(11-19)45-2)52-29(41)7-5-9-54-55-28-6-3-4-8-39-28/h3-4,6,8,10-13,18,23,27,30-33,35-36,38,40,42-43H,5,7,9,14-17H2,1-2H3/t18?,23-,27?,30+,31-,32?,33?,35+,36?,38?/m0/s1. The van der Waals surface area contributed by atoms with Gasteiger partial charge in [-0.2, -0.15) is 0 Å². The van der Waals surface area contributed by atoms with Crippen molar-refractivity contribution in [2.24, 2.45) is 11.8 Å². The Morgan fingerprint density at radius 2 is 1.84 bits per heavy atom. The molecule has 10 atom stereocenters. The normalized spacial score (nSPS) is 30.5. The van der Waals surface area contributed by atoms with Crippen LogP contribution < -0.4 is 18.9 Å². The van der Waals surface area contributed by atoms with E-state index in [-0.39, 0.29) is 37.9 Å². The minimum atomic E-state index is -1.48. The number of hydrogen-bond acceptors (Lipinski definition) is 17. The summed E-state index contributed by atoms with van der Waals surface area (Å²) in [4.78, 5) is 31.0. The molecule has 0 spiro atoms. The van der Waals surface area contributed by atoms with Crippen LogP contribution in [0.1, 0.15) is 54.0 Å². The zero-order chi connectivity index (χ0) is 38.2. The number of hydrogen-bond donors (Lipinski definition) is 3. The third-order valence-electron chi connectivity index (χ3n) is 10.4. The number of nitrogens with zero attached hydrogens (tertiary/aromatic N) is 1. The van der Waals surface area contributed by atoms with E-state index in [2.05, 4.69) is 4.98 Å². The Balaban J connectivity index is 1.07. The van der Waals surface area contributed by atoms with Crippen molar-refractivity contribution in [2.75, 3.05) is 32.9 Å². The summed E-state index contributed by atoms with van der Waals surface area (Å²) in [6.07, 6.45) is -4.65. The van der Waals surface area contributed by atoms with Gasteiger partial charge in [-0.25, -0.2) is 4.98 Å². The predicted molar refractivity (Wildman–Crippen MR) is 193 cm³/mol. The molecule has 3 aromatic rings. The SMILES string of the molecule is COc1cc([C@@H]2c3cc4c(cc3[C@@H](OC3OC5COC(C)OC5C(O)C3O)[C@H]3COC(=O)[C@H]23)OCO4)cc(CO)c1OC(=O)CCCSSc1ccccn1. The Labute approximate surface area is 324 Å². The van der Waals surface area contributed by atoms with Crippen molar-refractivity contribution < 1.29 is 67.5 Å². The summed E-state index contributed by atoms with van der Waals surface area (Å²) in [5.74, 6) is -1.08. The molecule has 4 aliphatic heterocycles. The van der Waals surface area contributed by atoms with Gasteiger partial charge < -0.3 is 58.0 Å². The van der Waals surface area contributed by atoms with E-state index in [1.54, 1.807) is 48.2 Å². The minimum absolute atomic E-state index is 0.00193. The fourth-order valence-corrected chi connectivity index (χ4v) is 9.79. The highest BCUT2D eigenvalue weighted by Crippen LogP contribution is 2.56. The van der Waals surface area contributed by atoms with Crippen LogP contribution in [0.25, 0.3) is 0 Å². The third-order valence-corrected chi connectivity index (χ3v) is 12.7. The molecule has 3 saturated heterocycles. The lowest BCUT2D eigenvalue weighted by molar-refractivity contribution is -0.364. The van der Waals surface area contributed by atoms with E-state index in [4.69, 9.17) is 42.6 Å². The summed E-state index contributed by atoms with van der Waals surface area (Å²) in [6.45, 7) is 1.32. The first kappa shape index (κ1) is 38.2. The van der Waals surface area contributed by atoms with Gasteiger partial charge in [0.05, 0.1) is 39.0 Å². The maximum Gasteiger partial charge on any atom is 0.311 e. The predicted octanol–water partition coefficient (Wildman–Crippen LogP) is 3.64.